The van der Waals surface area contributed by atoms with Crippen LogP contribution in [0.3, 0.4) is 0 Å². The highest BCUT2D eigenvalue weighted by molar-refractivity contribution is 5.79. The van der Waals surface area contributed by atoms with Crippen molar-refractivity contribution in [2.45, 2.75) is 25.8 Å². The van der Waals surface area contributed by atoms with E-state index in [-0.39, 0.29) is 18.7 Å². The number of nitrogens with one attached hydrogen (secondary N) is 1. The molecule has 0 saturated carbocycles. The van der Waals surface area contributed by atoms with E-state index in [1.54, 1.807) is 18.3 Å². The van der Waals surface area contributed by atoms with E-state index in [0.29, 0.717) is 0 Å². The van der Waals surface area contributed by atoms with Gasteiger partial charge < -0.3 is 10.4 Å². The first-order chi connectivity index (χ1) is 10.5. The lowest BCUT2D eigenvalue weighted by molar-refractivity contribution is -0.137. The molecule has 0 aliphatic heterocycles. The second-order valence-corrected chi connectivity index (χ2v) is 5.11. The van der Waals surface area contributed by atoms with Gasteiger partial charge in [-0.25, -0.2) is 0 Å². The van der Waals surface area contributed by atoms with Gasteiger partial charge in [-0.05, 0) is 24.1 Å². The average molecular weight is 298 g/mol. The topological polar surface area (TPSA) is 79.3 Å². The number of aryl methyl sites for hydroxylation is 1. The summed E-state index contributed by atoms with van der Waals surface area (Å²) < 4.78 is 0. The number of carboxylic acid groups (broad SMARTS) is 1. The zero-order valence-corrected chi connectivity index (χ0v) is 12.3. The Morgan fingerprint density at radius 3 is 2.50 bits per heavy atom. The summed E-state index contributed by atoms with van der Waals surface area (Å²) in [7, 11) is 0. The van der Waals surface area contributed by atoms with Crippen LogP contribution in [0.15, 0.2) is 48.7 Å². The van der Waals surface area contributed by atoms with Gasteiger partial charge in [-0.3, -0.25) is 14.6 Å². The van der Waals surface area contributed by atoms with E-state index in [9.17, 15) is 9.59 Å². The van der Waals surface area contributed by atoms with Crippen LogP contribution in [0.4, 0.5) is 0 Å². The van der Waals surface area contributed by atoms with E-state index in [2.05, 4.69) is 10.3 Å². The number of aliphatic carboxylic acids is 1. The molecule has 1 atom stereocenters. The Morgan fingerprint density at radius 1 is 1.18 bits per heavy atom. The number of amides is 1. The number of carbonyl (C=O) groups is 2. The van der Waals surface area contributed by atoms with Gasteiger partial charge in [0.25, 0.3) is 0 Å². The molecule has 5 nitrogen and oxygen atoms in total. The van der Waals surface area contributed by atoms with Gasteiger partial charge in [0.15, 0.2) is 0 Å². The van der Waals surface area contributed by atoms with E-state index < -0.39 is 12.0 Å². The maximum Gasteiger partial charge on any atom is 0.305 e. The van der Waals surface area contributed by atoms with E-state index in [1.807, 2.05) is 37.3 Å². The molecule has 2 aromatic rings. The summed E-state index contributed by atoms with van der Waals surface area (Å²) in [5.41, 5.74) is 2.46. The number of rotatable bonds is 6. The van der Waals surface area contributed by atoms with Crippen LogP contribution >= 0.6 is 0 Å². The Kier molecular flexibility index (Phi) is 5.25. The number of pyridine rings is 1. The zero-order chi connectivity index (χ0) is 15.9. The monoisotopic (exact) mass is 298 g/mol. The van der Waals surface area contributed by atoms with Crippen molar-refractivity contribution in [2.75, 3.05) is 0 Å². The molecule has 0 bridgehead atoms. The molecule has 1 amide bonds. The maximum absolute atomic E-state index is 12.1. The van der Waals surface area contributed by atoms with Crippen molar-refractivity contribution in [3.8, 4) is 0 Å². The van der Waals surface area contributed by atoms with Crippen LogP contribution in [-0.2, 0) is 16.0 Å². The van der Waals surface area contributed by atoms with Crippen molar-refractivity contribution in [2.24, 2.45) is 0 Å². The van der Waals surface area contributed by atoms with Crippen LogP contribution in [0.1, 0.15) is 29.3 Å². The summed E-state index contributed by atoms with van der Waals surface area (Å²) in [4.78, 5) is 27.3. The van der Waals surface area contributed by atoms with Crippen molar-refractivity contribution in [3.63, 3.8) is 0 Å². The molecule has 0 aliphatic rings. The van der Waals surface area contributed by atoms with Crippen molar-refractivity contribution >= 4 is 11.9 Å². The number of carbonyl (C=O) groups excluding carboxylic acids is 1. The molecular formula is C17H18N2O3. The predicted octanol–water partition coefficient (Wildman–Crippen LogP) is 2.26. The molecule has 0 aliphatic carbocycles. The highest BCUT2D eigenvalue weighted by Crippen LogP contribution is 2.16. The molecule has 0 spiro atoms. The fourth-order valence-corrected chi connectivity index (χ4v) is 2.15. The Hall–Kier alpha value is -2.69. The van der Waals surface area contributed by atoms with Crippen LogP contribution in [-0.4, -0.2) is 22.0 Å². The Morgan fingerprint density at radius 2 is 1.91 bits per heavy atom. The molecule has 1 aromatic heterocycles. The largest absolute Gasteiger partial charge is 0.481 e. The Labute approximate surface area is 129 Å². The molecule has 5 heteroatoms. The minimum absolute atomic E-state index is 0.151. The number of aromatic nitrogens is 1. The third-order valence-electron chi connectivity index (χ3n) is 3.25. The summed E-state index contributed by atoms with van der Waals surface area (Å²) >= 11 is 0. The standard InChI is InChI=1S/C17H18N2O3/c1-12-7-8-13(11-18-12)9-16(20)19-15(10-17(21)22)14-5-3-2-4-6-14/h2-8,11,15H,9-10H2,1H3,(H,19,20)(H,21,22)/t15-/m0/s1. The van der Waals surface area contributed by atoms with E-state index >= 15 is 0 Å². The molecule has 2 rings (SSSR count). The number of hydrogen-bond acceptors (Lipinski definition) is 3. The highest BCUT2D eigenvalue weighted by Gasteiger charge is 2.18. The first-order valence-corrected chi connectivity index (χ1v) is 7.02. The van der Waals surface area contributed by atoms with Crippen molar-refractivity contribution in [1.29, 1.82) is 0 Å². The van der Waals surface area contributed by atoms with Crippen LogP contribution in [0, 0.1) is 6.92 Å². The second-order valence-electron chi connectivity index (χ2n) is 5.11. The minimum Gasteiger partial charge on any atom is -0.481 e. The maximum atomic E-state index is 12.1. The van der Waals surface area contributed by atoms with Gasteiger partial charge in [0.05, 0.1) is 18.9 Å². The summed E-state index contributed by atoms with van der Waals surface area (Å²) in [5, 5.41) is 11.8. The van der Waals surface area contributed by atoms with Gasteiger partial charge in [-0.15, -0.1) is 0 Å². The molecule has 1 heterocycles. The molecule has 0 unspecified atom stereocenters. The number of carboxylic acids is 1. The third kappa shape index (κ3) is 4.70. The number of hydrogen-bond donors (Lipinski definition) is 2. The van der Waals surface area contributed by atoms with Gasteiger partial charge in [0.2, 0.25) is 5.91 Å². The quantitative estimate of drug-likeness (QED) is 0.857. The number of benzene rings is 1. The van der Waals surface area contributed by atoms with Crippen LogP contribution in [0.5, 0.6) is 0 Å². The molecule has 1 aromatic carbocycles. The fraction of sp³-hybridized carbons (Fsp3) is 0.235. The van der Waals surface area contributed by atoms with E-state index in [4.69, 9.17) is 5.11 Å². The first-order valence-electron chi connectivity index (χ1n) is 7.02. The van der Waals surface area contributed by atoms with Crippen molar-refractivity contribution in [3.05, 3.63) is 65.5 Å². The molecular weight excluding hydrogens is 280 g/mol. The summed E-state index contributed by atoms with van der Waals surface area (Å²) in [5.74, 6) is -1.17. The van der Waals surface area contributed by atoms with Crippen molar-refractivity contribution < 1.29 is 14.7 Å². The van der Waals surface area contributed by atoms with Gasteiger partial charge in [-0.2, -0.15) is 0 Å². The van der Waals surface area contributed by atoms with E-state index in [1.165, 1.54) is 0 Å². The summed E-state index contributed by atoms with van der Waals surface area (Å²) in [6.07, 6.45) is 1.68. The minimum atomic E-state index is -0.953. The highest BCUT2D eigenvalue weighted by atomic mass is 16.4. The second kappa shape index (κ2) is 7.36. The van der Waals surface area contributed by atoms with Gasteiger partial charge in [-0.1, -0.05) is 36.4 Å². The molecule has 22 heavy (non-hydrogen) atoms. The van der Waals surface area contributed by atoms with Crippen molar-refractivity contribution in [1.82, 2.24) is 10.3 Å². The number of nitrogens with zero attached hydrogens (tertiary/aromatic N) is 1. The lowest BCUT2D eigenvalue weighted by Gasteiger charge is -2.17. The third-order valence-corrected chi connectivity index (χ3v) is 3.25. The Bertz CT molecular complexity index is 639. The summed E-state index contributed by atoms with van der Waals surface area (Å²) in [6.45, 7) is 1.88. The van der Waals surface area contributed by atoms with E-state index in [0.717, 1.165) is 16.8 Å². The smallest absolute Gasteiger partial charge is 0.305 e. The molecule has 114 valence electrons. The molecule has 0 radical (unpaired) electrons. The lowest BCUT2D eigenvalue weighted by atomic mass is 10.0. The zero-order valence-electron chi connectivity index (χ0n) is 12.3. The van der Waals surface area contributed by atoms with Crippen LogP contribution in [0.25, 0.3) is 0 Å². The van der Waals surface area contributed by atoms with Gasteiger partial charge in [0.1, 0.15) is 0 Å². The first kappa shape index (κ1) is 15.7. The van der Waals surface area contributed by atoms with Gasteiger partial charge >= 0.3 is 5.97 Å². The predicted molar refractivity (Wildman–Crippen MR) is 82.3 cm³/mol. The molecule has 0 saturated heterocycles. The fourth-order valence-electron chi connectivity index (χ4n) is 2.15. The average Bonchev–Trinajstić information content (AvgIpc) is 2.49. The Balaban J connectivity index is 2.04. The van der Waals surface area contributed by atoms with Crippen LogP contribution in [0.2, 0.25) is 0 Å². The summed E-state index contributed by atoms with van der Waals surface area (Å²) in [6, 6.07) is 12.2. The van der Waals surface area contributed by atoms with Crippen LogP contribution < -0.4 is 5.32 Å². The molecule has 2 N–H and O–H groups in total. The molecule has 0 fully saturated rings. The SMILES string of the molecule is Cc1ccc(CC(=O)N[C@@H](CC(=O)O)c2ccccc2)cn1. The van der Waals surface area contributed by atoms with Gasteiger partial charge in [0, 0.05) is 11.9 Å². The normalized spacial score (nSPS) is 11.7. The lowest BCUT2D eigenvalue weighted by Crippen LogP contribution is -2.31.